The first-order valence-electron chi connectivity index (χ1n) is 37.6. The Bertz CT molecular complexity index is 1770. The summed E-state index contributed by atoms with van der Waals surface area (Å²) >= 11 is 0. The molecule has 17 nitrogen and oxygen atoms in total. The first-order valence-corrected chi connectivity index (χ1v) is 40.6. The topological polar surface area (TPSA) is 237 Å². The fourth-order valence-electron chi connectivity index (χ4n) is 10.9. The van der Waals surface area contributed by atoms with Crippen LogP contribution in [-0.4, -0.2) is 96.7 Å². The summed E-state index contributed by atoms with van der Waals surface area (Å²) in [6.07, 6.45) is 49.7. The Balaban J connectivity index is 5.25. The number of ether oxygens (including phenoxy) is 4. The van der Waals surface area contributed by atoms with Crippen LogP contribution in [0.2, 0.25) is 0 Å². The normalized spacial score (nSPS) is 14.7. The van der Waals surface area contributed by atoms with Gasteiger partial charge in [0, 0.05) is 25.7 Å². The van der Waals surface area contributed by atoms with Gasteiger partial charge in [-0.1, -0.05) is 318 Å². The molecule has 0 saturated heterocycles. The molecule has 0 aliphatic carbocycles. The van der Waals surface area contributed by atoms with Crippen LogP contribution in [0.25, 0.3) is 0 Å². The first kappa shape index (κ1) is 89.1. The summed E-state index contributed by atoms with van der Waals surface area (Å²) in [5.41, 5.74) is 0. The molecule has 0 heterocycles. The van der Waals surface area contributed by atoms with E-state index in [1.807, 2.05) is 0 Å². The number of hydrogen-bond donors (Lipinski definition) is 3. The molecule has 7 atom stereocenters. The van der Waals surface area contributed by atoms with Crippen molar-refractivity contribution in [1.82, 2.24) is 0 Å². The van der Waals surface area contributed by atoms with E-state index in [1.54, 1.807) is 0 Å². The first-order chi connectivity index (χ1) is 43.9. The van der Waals surface area contributed by atoms with E-state index in [4.69, 9.17) is 37.0 Å². The van der Waals surface area contributed by atoms with E-state index in [9.17, 15) is 43.2 Å². The summed E-state index contributed by atoms with van der Waals surface area (Å²) in [5.74, 6) is -0.508. The Morgan fingerprint density at radius 1 is 0.308 bits per heavy atom. The number of hydrogen-bond acceptors (Lipinski definition) is 15. The lowest BCUT2D eigenvalue weighted by Crippen LogP contribution is -2.30. The van der Waals surface area contributed by atoms with E-state index in [2.05, 4.69) is 41.5 Å². The van der Waals surface area contributed by atoms with Crippen molar-refractivity contribution < 1.29 is 80.2 Å². The van der Waals surface area contributed by atoms with Gasteiger partial charge < -0.3 is 33.8 Å². The fourth-order valence-corrected chi connectivity index (χ4v) is 12.5. The number of aliphatic hydroxyl groups excluding tert-OH is 1. The van der Waals surface area contributed by atoms with Crippen molar-refractivity contribution in [2.24, 2.45) is 11.8 Å². The molecule has 19 heteroatoms. The second kappa shape index (κ2) is 64.1. The molecule has 0 aromatic heterocycles. The molecule has 0 rings (SSSR count). The summed E-state index contributed by atoms with van der Waals surface area (Å²) < 4.78 is 68.4. The van der Waals surface area contributed by atoms with Gasteiger partial charge in [0.05, 0.1) is 26.4 Å². The minimum absolute atomic E-state index is 0.106. The number of rotatable bonds is 71. The zero-order chi connectivity index (χ0) is 67.2. The van der Waals surface area contributed by atoms with Crippen LogP contribution in [0.4, 0.5) is 0 Å². The van der Waals surface area contributed by atoms with Crippen molar-refractivity contribution in [1.29, 1.82) is 0 Å². The number of carbonyl (C=O) groups excluding carboxylic acids is 4. The van der Waals surface area contributed by atoms with E-state index in [0.29, 0.717) is 25.7 Å². The molecule has 0 aromatic rings. The van der Waals surface area contributed by atoms with Crippen LogP contribution >= 0.6 is 15.6 Å². The van der Waals surface area contributed by atoms with Crippen LogP contribution in [0.5, 0.6) is 0 Å². The van der Waals surface area contributed by atoms with Crippen LogP contribution in [0.3, 0.4) is 0 Å². The van der Waals surface area contributed by atoms with Gasteiger partial charge in [-0.2, -0.15) is 0 Å². The van der Waals surface area contributed by atoms with Crippen molar-refractivity contribution in [3.05, 3.63) is 0 Å². The molecule has 0 aromatic carbocycles. The second-order valence-corrected chi connectivity index (χ2v) is 29.4. The van der Waals surface area contributed by atoms with Gasteiger partial charge in [-0.3, -0.25) is 37.3 Å². The summed E-state index contributed by atoms with van der Waals surface area (Å²) in [6, 6.07) is 0. The van der Waals surface area contributed by atoms with Crippen molar-refractivity contribution >= 4 is 39.5 Å². The molecule has 0 saturated carbocycles. The monoisotopic (exact) mass is 1340 g/mol. The molecule has 0 bridgehead atoms. The van der Waals surface area contributed by atoms with E-state index in [0.717, 1.165) is 102 Å². The summed E-state index contributed by atoms with van der Waals surface area (Å²) in [5, 5.41) is 10.6. The zero-order valence-corrected chi connectivity index (χ0v) is 60.9. The van der Waals surface area contributed by atoms with Crippen LogP contribution < -0.4 is 0 Å². The van der Waals surface area contributed by atoms with Gasteiger partial charge in [0.25, 0.3) is 0 Å². The minimum atomic E-state index is -4.95. The third-order valence-electron chi connectivity index (χ3n) is 17.4. The van der Waals surface area contributed by atoms with E-state index in [1.165, 1.54) is 186 Å². The fraction of sp³-hybridized carbons (Fsp3) is 0.944. The predicted octanol–water partition coefficient (Wildman–Crippen LogP) is 20.8. The quantitative estimate of drug-likeness (QED) is 0.0222. The summed E-state index contributed by atoms with van der Waals surface area (Å²) in [6.45, 7) is 9.61. The van der Waals surface area contributed by atoms with Gasteiger partial charge in [-0.15, -0.1) is 0 Å². The van der Waals surface area contributed by atoms with Crippen molar-refractivity contribution in [2.45, 2.75) is 387 Å². The number of carbonyl (C=O) groups is 4. The molecule has 4 unspecified atom stereocenters. The molecule has 0 amide bonds. The van der Waals surface area contributed by atoms with Crippen LogP contribution in [-0.2, 0) is 65.4 Å². The van der Waals surface area contributed by atoms with Gasteiger partial charge in [-0.05, 0) is 37.5 Å². The number of phosphoric acid groups is 2. The molecule has 0 fully saturated rings. The molecule has 0 aliphatic heterocycles. The van der Waals surface area contributed by atoms with Crippen molar-refractivity contribution in [3.63, 3.8) is 0 Å². The molecular formula is C72H140O17P2. The van der Waals surface area contributed by atoms with E-state index < -0.39 is 97.5 Å². The molecule has 0 aliphatic rings. The average Bonchev–Trinajstić information content (AvgIpc) is 3.67. The molecular weight excluding hydrogens is 1200 g/mol. The van der Waals surface area contributed by atoms with Crippen LogP contribution in [0, 0.1) is 11.8 Å². The SMILES string of the molecule is CCCCCCCCCCCCCCCCC(=O)O[C@H](COC(=O)CCCCCCCCCCC)COP(=O)(O)OC[C@H](O)COP(=O)(O)OC[C@@H](COC(=O)CCCCCCCCCCCCC(C)CC)OC(=O)CCCCCCCCCCCCC(C)CC. The lowest BCUT2D eigenvalue weighted by atomic mass is 9.99. The maximum absolute atomic E-state index is 13.0. The Labute approximate surface area is 556 Å². The minimum Gasteiger partial charge on any atom is -0.462 e. The molecule has 540 valence electrons. The standard InChI is InChI=1S/C72H140O17P2/c1-7-11-13-15-17-19-20-21-22-23-32-38-44-50-56-71(76)88-67(60-82-69(74)54-48-42-36-28-18-16-14-12-8-2)62-86-90(78,79)84-58-66(73)59-85-91(80,81)87-63-68(89-72(77)57-51-45-39-33-27-25-30-35-41-47-53-65(6)10-4)61-83-70(75)55-49-43-37-31-26-24-29-34-40-46-52-64(5)9-3/h64-68,73H,7-63H2,1-6H3,(H,78,79)(H,80,81)/t64?,65?,66-,67+,68+/m0/s1. The van der Waals surface area contributed by atoms with Crippen LogP contribution in [0.1, 0.15) is 369 Å². The Morgan fingerprint density at radius 2 is 0.527 bits per heavy atom. The molecule has 3 N–H and O–H groups in total. The Morgan fingerprint density at radius 3 is 0.780 bits per heavy atom. The summed E-state index contributed by atoms with van der Waals surface area (Å²) in [4.78, 5) is 72.6. The smallest absolute Gasteiger partial charge is 0.462 e. The molecule has 91 heavy (non-hydrogen) atoms. The lowest BCUT2D eigenvalue weighted by Gasteiger charge is -2.21. The second-order valence-electron chi connectivity index (χ2n) is 26.5. The highest BCUT2D eigenvalue weighted by Gasteiger charge is 2.30. The highest BCUT2D eigenvalue weighted by molar-refractivity contribution is 7.47. The number of aliphatic hydroxyl groups is 1. The maximum Gasteiger partial charge on any atom is 0.472 e. The van der Waals surface area contributed by atoms with Crippen molar-refractivity contribution in [2.75, 3.05) is 39.6 Å². The maximum atomic E-state index is 13.0. The van der Waals surface area contributed by atoms with Crippen molar-refractivity contribution in [3.8, 4) is 0 Å². The van der Waals surface area contributed by atoms with Gasteiger partial charge in [0.2, 0.25) is 0 Å². The molecule has 0 radical (unpaired) electrons. The van der Waals surface area contributed by atoms with Gasteiger partial charge in [0.1, 0.15) is 19.3 Å². The van der Waals surface area contributed by atoms with E-state index in [-0.39, 0.29) is 25.7 Å². The molecule has 0 spiro atoms. The number of unbranched alkanes of at least 4 members (excludes halogenated alkanes) is 39. The van der Waals surface area contributed by atoms with Gasteiger partial charge in [-0.25, -0.2) is 9.13 Å². The average molecular weight is 1340 g/mol. The Hall–Kier alpha value is -1.94. The summed E-state index contributed by atoms with van der Waals surface area (Å²) in [7, 11) is -9.90. The highest BCUT2D eigenvalue weighted by Crippen LogP contribution is 2.45. The zero-order valence-electron chi connectivity index (χ0n) is 59.1. The number of esters is 4. The highest BCUT2D eigenvalue weighted by atomic mass is 31.2. The third kappa shape index (κ3) is 63.9. The third-order valence-corrected chi connectivity index (χ3v) is 19.3. The van der Waals surface area contributed by atoms with Gasteiger partial charge >= 0.3 is 39.5 Å². The predicted molar refractivity (Wildman–Crippen MR) is 368 cm³/mol. The Kier molecular flexibility index (Phi) is 62.7. The van der Waals surface area contributed by atoms with Crippen LogP contribution in [0.15, 0.2) is 0 Å². The van der Waals surface area contributed by atoms with E-state index >= 15 is 0 Å². The number of phosphoric ester groups is 2. The largest absolute Gasteiger partial charge is 0.472 e. The van der Waals surface area contributed by atoms with Gasteiger partial charge in [0.15, 0.2) is 12.2 Å². The lowest BCUT2D eigenvalue weighted by molar-refractivity contribution is -0.161.